The van der Waals surface area contributed by atoms with E-state index in [0.29, 0.717) is 12.1 Å². The Morgan fingerprint density at radius 1 is 1.24 bits per heavy atom. The van der Waals surface area contributed by atoms with Crippen molar-refractivity contribution in [2.24, 2.45) is 5.73 Å². The topological polar surface area (TPSA) is 85.4 Å². The molecule has 0 saturated heterocycles. The van der Waals surface area contributed by atoms with Crippen LogP contribution >= 0.6 is 0 Å². The van der Waals surface area contributed by atoms with Crippen molar-refractivity contribution in [2.75, 3.05) is 0 Å². The summed E-state index contributed by atoms with van der Waals surface area (Å²) < 4.78 is 1.88. The van der Waals surface area contributed by atoms with Crippen LogP contribution in [0.25, 0.3) is 16.9 Å². The maximum Gasteiger partial charge on any atom is 0.166 e. The Kier molecular flexibility index (Phi) is 9.16. The van der Waals surface area contributed by atoms with Crippen molar-refractivity contribution in [3.8, 4) is 18.7 Å². The van der Waals surface area contributed by atoms with Crippen molar-refractivity contribution < 1.29 is 0 Å². The summed E-state index contributed by atoms with van der Waals surface area (Å²) in [6, 6.07) is 1.92. The minimum Gasteiger partial charge on any atom is -0.399 e. The van der Waals surface area contributed by atoms with Crippen LogP contribution in [0.3, 0.4) is 0 Å². The van der Waals surface area contributed by atoms with Crippen LogP contribution in [0.1, 0.15) is 32.3 Å². The fourth-order valence-corrected chi connectivity index (χ4v) is 3.61. The number of hydrogen-bond donors (Lipinski definition) is 2. The lowest BCUT2D eigenvalue weighted by molar-refractivity contribution is 0.989. The zero-order valence-electron chi connectivity index (χ0n) is 20.3. The van der Waals surface area contributed by atoms with Crippen LogP contribution in [-0.4, -0.2) is 24.5 Å². The number of rotatable bonds is 8. The number of pyridine rings is 1. The zero-order chi connectivity index (χ0) is 25.3. The molecule has 3 aromatic rings. The van der Waals surface area contributed by atoms with E-state index in [0.717, 1.165) is 50.7 Å². The summed E-state index contributed by atoms with van der Waals surface area (Å²) in [7, 11) is 0. The molecule has 0 aliphatic rings. The van der Waals surface area contributed by atoms with Gasteiger partial charge in [0.05, 0.1) is 11.2 Å². The Balaban J connectivity index is 0.00000199. The molecule has 3 N–H and O–H groups in total. The monoisotopic (exact) mass is 452 g/mol. The number of aromatic nitrogens is 5. The first-order valence-corrected chi connectivity index (χ1v) is 10.8. The Morgan fingerprint density at radius 3 is 2.56 bits per heavy atom. The molecule has 6 heteroatoms. The van der Waals surface area contributed by atoms with Gasteiger partial charge in [-0.3, -0.25) is 4.57 Å². The van der Waals surface area contributed by atoms with Crippen molar-refractivity contribution in [2.45, 2.75) is 34.1 Å². The van der Waals surface area contributed by atoms with Crippen LogP contribution in [0.5, 0.6) is 0 Å². The van der Waals surface area contributed by atoms with Gasteiger partial charge >= 0.3 is 0 Å². The van der Waals surface area contributed by atoms with Crippen LogP contribution in [0.2, 0.25) is 0 Å². The van der Waals surface area contributed by atoms with Crippen molar-refractivity contribution in [3.63, 3.8) is 0 Å². The van der Waals surface area contributed by atoms with E-state index in [1.807, 2.05) is 68.8 Å². The van der Waals surface area contributed by atoms with E-state index < -0.39 is 0 Å². The largest absolute Gasteiger partial charge is 0.399 e. The van der Waals surface area contributed by atoms with Crippen LogP contribution in [-0.2, 0) is 6.42 Å². The summed E-state index contributed by atoms with van der Waals surface area (Å²) in [6.45, 7) is 16.0. The first-order chi connectivity index (χ1) is 16.4. The predicted octanol–water partition coefficient (Wildman–Crippen LogP) is 5.67. The average molecular weight is 453 g/mol. The van der Waals surface area contributed by atoms with Gasteiger partial charge in [0, 0.05) is 24.5 Å². The van der Waals surface area contributed by atoms with Gasteiger partial charge in [-0.15, -0.1) is 12.8 Å². The third-order valence-electron chi connectivity index (χ3n) is 5.20. The first-order valence-electron chi connectivity index (χ1n) is 10.8. The third kappa shape index (κ3) is 5.90. The molecule has 0 aliphatic heterocycles. The van der Waals surface area contributed by atoms with Gasteiger partial charge in [-0.2, -0.15) is 0 Å². The Hall–Kier alpha value is -4.37. The number of nitrogens with two attached hydrogens (primary N) is 1. The SMILES string of the molecule is C#C.C=C/C=C(C)\C(=C/C)C(=C)/C=C(Cc1nc2c(-n3cnc(C)c3)nccc2[nH]1)\C(N)=C/C. The van der Waals surface area contributed by atoms with Gasteiger partial charge < -0.3 is 10.7 Å². The van der Waals surface area contributed by atoms with Crippen molar-refractivity contribution in [3.05, 3.63) is 108 Å². The third-order valence-corrected chi connectivity index (χ3v) is 5.20. The van der Waals surface area contributed by atoms with Crippen molar-refractivity contribution in [1.29, 1.82) is 0 Å². The molecular formula is C28H32N6. The lowest BCUT2D eigenvalue weighted by atomic mass is 9.96. The molecule has 6 nitrogen and oxygen atoms in total. The zero-order valence-corrected chi connectivity index (χ0v) is 20.3. The molecule has 0 saturated carbocycles. The molecule has 0 aromatic carbocycles. The highest BCUT2D eigenvalue weighted by molar-refractivity contribution is 5.81. The molecule has 0 bridgehead atoms. The quantitative estimate of drug-likeness (QED) is 0.341. The Morgan fingerprint density at radius 2 is 1.97 bits per heavy atom. The van der Waals surface area contributed by atoms with Gasteiger partial charge in [0.1, 0.15) is 17.7 Å². The van der Waals surface area contributed by atoms with Crippen LogP contribution < -0.4 is 5.73 Å². The molecule has 0 atom stereocenters. The standard InChI is InChI=1S/C26H30N6.C2H2/c1-7-10-17(4)21(8-2)18(5)13-20(22(27)9-3)14-24-30-23-11-12-28-26(25(23)31-24)32-15-19(6)29-16-32;1-2/h7-13,15-16H,1,5,14,27H2,2-4,6H3,(H,30,31);1-2H/b17-10-,20-13-,21-8+,22-9+;. The number of hydrogen-bond acceptors (Lipinski definition) is 4. The van der Waals surface area contributed by atoms with Crippen LogP contribution in [0.15, 0.2) is 96.3 Å². The molecule has 174 valence electrons. The molecule has 0 aliphatic carbocycles. The molecule has 0 fully saturated rings. The summed E-state index contributed by atoms with van der Waals surface area (Å²) in [5.74, 6) is 1.54. The van der Waals surface area contributed by atoms with E-state index in [1.165, 1.54) is 0 Å². The lowest BCUT2D eigenvalue weighted by Gasteiger charge is -2.11. The molecule has 0 radical (unpaired) electrons. The summed E-state index contributed by atoms with van der Waals surface area (Å²) >= 11 is 0. The molecule has 3 aromatic heterocycles. The van der Waals surface area contributed by atoms with Gasteiger partial charge in [0.2, 0.25) is 0 Å². The van der Waals surface area contributed by atoms with Gasteiger partial charge in [-0.1, -0.05) is 37.5 Å². The van der Waals surface area contributed by atoms with E-state index in [4.69, 9.17) is 10.7 Å². The number of imidazole rings is 2. The van der Waals surface area contributed by atoms with E-state index >= 15 is 0 Å². The van der Waals surface area contributed by atoms with E-state index in [2.05, 4.69) is 41.0 Å². The van der Waals surface area contributed by atoms with E-state index in [-0.39, 0.29) is 0 Å². The number of terminal acetylenes is 1. The Labute approximate surface area is 202 Å². The highest BCUT2D eigenvalue weighted by atomic mass is 15.1. The fraction of sp³-hybridized carbons (Fsp3) is 0.179. The molecule has 0 spiro atoms. The molecule has 0 amide bonds. The first kappa shape index (κ1) is 25.9. The smallest absolute Gasteiger partial charge is 0.166 e. The number of allylic oxidation sites excluding steroid dienone is 9. The summed E-state index contributed by atoms with van der Waals surface area (Å²) in [6.07, 6.45) is 23.7. The number of aryl methyl sites for hydroxylation is 1. The average Bonchev–Trinajstić information content (AvgIpc) is 3.45. The van der Waals surface area contributed by atoms with Crippen LogP contribution in [0.4, 0.5) is 0 Å². The van der Waals surface area contributed by atoms with Gasteiger partial charge in [0.25, 0.3) is 0 Å². The molecule has 0 unspecified atom stereocenters. The second-order valence-electron chi connectivity index (χ2n) is 7.54. The molecule has 3 rings (SSSR count). The highest BCUT2D eigenvalue weighted by Crippen LogP contribution is 2.24. The van der Waals surface area contributed by atoms with Crippen LogP contribution in [0, 0.1) is 19.8 Å². The van der Waals surface area contributed by atoms with Crippen molar-refractivity contribution >= 4 is 11.0 Å². The van der Waals surface area contributed by atoms with Gasteiger partial charge in [-0.05, 0) is 62.1 Å². The lowest BCUT2D eigenvalue weighted by Crippen LogP contribution is -2.06. The fourth-order valence-electron chi connectivity index (χ4n) is 3.61. The molecule has 34 heavy (non-hydrogen) atoms. The van der Waals surface area contributed by atoms with E-state index in [1.54, 1.807) is 18.6 Å². The molecule has 3 heterocycles. The maximum absolute atomic E-state index is 6.34. The number of aromatic amines is 1. The highest BCUT2D eigenvalue weighted by Gasteiger charge is 2.13. The minimum atomic E-state index is 0.535. The summed E-state index contributed by atoms with van der Waals surface area (Å²) in [5, 5.41) is 0. The molecular weight excluding hydrogens is 420 g/mol. The number of fused-ring (bicyclic) bond motifs is 1. The summed E-state index contributed by atoms with van der Waals surface area (Å²) in [5.41, 5.74) is 13.6. The van der Waals surface area contributed by atoms with Gasteiger partial charge in [-0.25, -0.2) is 15.0 Å². The maximum atomic E-state index is 6.34. The summed E-state index contributed by atoms with van der Waals surface area (Å²) in [4.78, 5) is 17.0. The second-order valence-corrected chi connectivity index (χ2v) is 7.54. The number of H-pyrrole nitrogens is 1. The second kappa shape index (κ2) is 12.0. The minimum absolute atomic E-state index is 0.535. The van der Waals surface area contributed by atoms with E-state index in [9.17, 15) is 0 Å². The normalized spacial score (nSPS) is 12.9. The predicted molar refractivity (Wildman–Crippen MR) is 142 cm³/mol. The number of nitrogens with one attached hydrogen (secondary N) is 1. The van der Waals surface area contributed by atoms with Crippen molar-refractivity contribution in [1.82, 2.24) is 24.5 Å². The number of nitrogens with zero attached hydrogens (tertiary/aromatic N) is 4. The van der Waals surface area contributed by atoms with Gasteiger partial charge in [0.15, 0.2) is 5.82 Å². The Bertz CT molecular complexity index is 1320.